The molecule has 0 spiro atoms. The summed E-state index contributed by atoms with van der Waals surface area (Å²) in [6, 6.07) is 11.3. The van der Waals surface area contributed by atoms with Crippen molar-refractivity contribution in [3.05, 3.63) is 47.0 Å². The summed E-state index contributed by atoms with van der Waals surface area (Å²) in [5, 5.41) is 10.7. The Morgan fingerprint density at radius 3 is 2.67 bits per heavy atom. The van der Waals surface area contributed by atoms with Gasteiger partial charge in [0.25, 0.3) is 0 Å². The van der Waals surface area contributed by atoms with Crippen LogP contribution in [0.3, 0.4) is 0 Å². The number of nitrogens with zero attached hydrogens (tertiary/aromatic N) is 2. The van der Waals surface area contributed by atoms with Crippen LogP contribution in [0, 0.1) is 0 Å². The Hall–Kier alpha value is -2.20. The van der Waals surface area contributed by atoms with E-state index in [0.717, 1.165) is 24.5 Å². The standard InChI is InChI=1S/C19H21ClN2O2/c1-24-18-12-15(20)11-14(19(18)23)13-21-16-7-3-4-8-17(16)22-9-5-2-6-10-22/h3-4,7-8,11-13,23H,2,5-6,9-10H2,1H3. The van der Waals surface area contributed by atoms with Crippen molar-refractivity contribution >= 4 is 29.2 Å². The summed E-state index contributed by atoms with van der Waals surface area (Å²) in [5.41, 5.74) is 2.55. The number of hydrogen-bond donors (Lipinski definition) is 1. The van der Waals surface area contributed by atoms with Crippen molar-refractivity contribution in [2.24, 2.45) is 4.99 Å². The molecule has 24 heavy (non-hydrogen) atoms. The minimum absolute atomic E-state index is 0.0427. The molecule has 0 aromatic heterocycles. The smallest absolute Gasteiger partial charge is 0.166 e. The molecule has 4 nitrogen and oxygen atoms in total. The predicted molar refractivity (Wildman–Crippen MR) is 99.4 cm³/mol. The number of aromatic hydroxyl groups is 1. The van der Waals surface area contributed by atoms with Crippen molar-refractivity contribution in [1.82, 2.24) is 0 Å². The third-order valence-corrected chi connectivity index (χ3v) is 4.43. The number of halogens is 1. The van der Waals surface area contributed by atoms with Crippen LogP contribution in [0.1, 0.15) is 24.8 Å². The zero-order chi connectivity index (χ0) is 16.9. The summed E-state index contributed by atoms with van der Waals surface area (Å²) in [5.74, 6) is 0.384. The second-order valence-electron chi connectivity index (χ2n) is 5.84. The van der Waals surface area contributed by atoms with E-state index in [1.54, 1.807) is 18.3 Å². The fourth-order valence-electron chi connectivity index (χ4n) is 2.96. The number of para-hydroxylation sites is 2. The first kappa shape index (κ1) is 16.7. The van der Waals surface area contributed by atoms with Gasteiger partial charge in [-0.05, 0) is 37.5 Å². The molecule has 0 atom stereocenters. The first-order chi connectivity index (χ1) is 11.7. The largest absolute Gasteiger partial charge is 0.504 e. The molecule has 0 aliphatic carbocycles. The molecule has 0 amide bonds. The van der Waals surface area contributed by atoms with Crippen LogP contribution in [0.2, 0.25) is 5.02 Å². The minimum Gasteiger partial charge on any atom is -0.504 e. The molecule has 1 fully saturated rings. The topological polar surface area (TPSA) is 45.1 Å². The Morgan fingerprint density at radius 2 is 1.92 bits per heavy atom. The maximum atomic E-state index is 10.2. The van der Waals surface area contributed by atoms with Gasteiger partial charge in [-0.25, -0.2) is 0 Å². The number of ether oxygens (including phenoxy) is 1. The van der Waals surface area contributed by atoms with Gasteiger partial charge in [0.1, 0.15) is 0 Å². The lowest BCUT2D eigenvalue weighted by Crippen LogP contribution is -2.29. The third kappa shape index (κ3) is 3.65. The van der Waals surface area contributed by atoms with Crippen LogP contribution < -0.4 is 9.64 Å². The molecular weight excluding hydrogens is 324 g/mol. The molecule has 3 rings (SSSR count). The average molecular weight is 345 g/mol. The van der Waals surface area contributed by atoms with E-state index >= 15 is 0 Å². The van der Waals surface area contributed by atoms with Gasteiger partial charge in [0.2, 0.25) is 0 Å². The molecule has 1 aliphatic rings. The van der Waals surface area contributed by atoms with Crippen LogP contribution in [0.4, 0.5) is 11.4 Å². The molecule has 1 N–H and O–H groups in total. The van der Waals surface area contributed by atoms with Crippen molar-refractivity contribution in [1.29, 1.82) is 0 Å². The monoisotopic (exact) mass is 344 g/mol. The first-order valence-corrected chi connectivity index (χ1v) is 8.51. The number of phenolic OH excluding ortho intramolecular Hbond substituents is 1. The fraction of sp³-hybridized carbons (Fsp3) is 0.316. The highest BCUT2D eigenvalue weighted by Gasteiger charge is 2.14. The van der Waals surface area contributed by atoms with E-state index < -0.39 is 0 Å². The quantitative estimate of drug-likeness (QED) is 0.811. The van der Waals surface area contributed by atoms with E-state index in [-0.39, 0.29) is 5.75 Å². The third-order valence-electron chi connectivity index (χ3n) is 4.21. The number of methoxy groups -OCH3 is 1. The fourth-order valence-corrected chi connectivity index (χ4v) is 3.18. The normalized spacial score (nSPS) is 15.0. The van der Waals surface area contributed by atoms with Gasteiger partial charge < -0.3 is 14.7 Å². The molecule has 0 saturated carbocycles. The van der Waals surface area contributed by atoms with Crippen molar-refractivity contribution in [3.63, 3.8) is 0 Å². The molecule has 1 heterocycles. The van der Waals surface area contributed by atoms with Gasteiger partial charge in [0.15, 0.2) is 11.5 Å². The lowest BCUT2D eigenvalue weighted by atomic mass is 10.1. The second kappa shape index (κ2) is 7.58. The molecule has 5 heteroatoms. The molecule has 2 aromatic rings. The molecule has 1 saturated heterocycles. The highest BCUT2D eigenvalue weighted by atomic mass is 35.5. The van der Waals surface area contributed by atoms with Crippen LogP contribution in [-0.4, -0.2) is 31.5 Å². The van der Waals surface area contributed by atoms with E-state index in [0.29, 0.717) is 16.3 Å². The highest BCUT2D eigenvalue weighted by molar-refractivity contribution is 6.31. The van der Waals surface area contributed by atoms with Gasteiger partial charge in [0.05, 0.1) is 18.5 Å². The summed E-state index contributed by atoms with van der Waals surface area (Å²) < 4.78 is 5.13. The van der Waals surface area contributed by atoms with Crippen LogP contribution in [0.5, 0.6) is 11.5 Å². The Bertz CT molecular complexity index is 740. The average Bonchev–Trinajstić information content (AvgIpc) is 2.63. The van der Waals surface area contributed by atoms with Crippen molar-refractivity contribution in [2.75, 3.05) is 25.1 Å². The molecule has 126 valence electrons. The van der Waals surface area contributed by atoms with Crippen molar-refractivity contribution < 1.29 is 9.84 Å². The van der Waals surface area contributed by atoms with Gasteiger partial charge in [-0.3, -0.25) is 4.99 Å². The maximum absolute atomic E-state index is 10.2. The highest BCUT2D eigenvalue weighted by Crippen LogP contribution is 2.34. The van der Waals surface area contributed by atoms with E-state index in [9.17, 15) is 5.11 Å². The van der Waals surface area contributed by atoms with Crippen molar-refractivity contribution in [3.8, 4) is 11.5 Å². The van der Waals surface area contributed by atoms with E-state index in [1.165, 1.54) is 26.4 Å². The van der Waals surface area contributed by atoms with Gasteiger partial charge in [-0.15, -0.1) is 0 Å². The first-order valence-electron chi connectivity index (χ1n) is 8.13. The Kier molecular flexibility index (Phi) is 5.26. The lowest BCUT2D eigenvalue weighted by Gasteiger charge is -2.29. The van der Waals surface area contributed by atoms with Crippen molar-refractivity contribution in [2.45, 2.75) is 19.3 Å². The molecule has 0 radical (unpaired) electrons. The summed E-state index contributed by atoms with van der Waals surface area (Å²) >= 11 is 6.07. The van der Waals surface area contributed by atoms with Crippen LogP contribution in [0.15, 0.2) is 41.4 Å². The Balaban J connectivity index is 1.91. The predicted octanol–water partition coefficient (Wildman–Crippen LogP) is 4.80. The van der Waals surface area contributed by atoms with Crippen LogP contribution in [-0.2, 0) is 0 Å². The van der Waals surface area contributed by atoms with Gasteiger partial charge >= 0.3 is 0 Å². The van der Waals surface area contributed by atoms with Gasteiger partial charge in [-0.1, -0.05) is 23.7 Å². The number of piperidine rings is 1. The second-order valence-corrected chi connectivity index (χ2v) is 6.28. The van der Waals surface area contributed by atoms with E-state index in [1.807, 2.05) is 18.2 Å². The number of hydrogen-bond acceptors (Lipinski definition) is 4. The SMILES string of the molecule is COc1cc(Cl)cc(C=Nc2ccccc2N2CCCCC2)c1O. The van der Waals surface area contributed by atoms with Crippen LogP contribution >= 0.6 is 11.6 Å². The van der Waals surface area contributed by atoms with Gasteiger partial charge in [-0.2, -0.15) is 0 Å². The number of rotatable bonds is 4. The van der Waals surface area contributed by atoms with E-state index in [2.05, 4.69) is 16.0 Å². The van der Waals surface area contributed by atoms with E-state index in [4.69, 9.17) is 16.3 Å². The number of aliphatic imine (C=N–C) groups is 1. The maximum Gasteiger partial charge on any atom is 0.166 e. The molecule has 2 aromatic carbocycles. The zero-order valence-electron chi connectivity index (χ0n) is 13.7. The summed E-state index contributed by atoms with van der Waals surface area (Å²) in [4.78, 5) is 6.96. The molecule has 1 aliphatic heterocycles. The molecule has 0 unspecified atom stereocenters. The number of phenols is 1. The zero-order valence-corrected chi connectivity index (χ0v) is 14.5. The molecular formula is C19H21ClN2O2. The number of benzene rings is 2. The number of anilines is 1. The Labute approximate surface area is 147 Å². The minimum atomic E-state index is 0.0427. The molecule has 0 bridgehead atoms. The summed E-state index contributed by atoms with van der Waals surface area (Å²) in [7, 11) is 1.50. The van der Waals surface area contributed by atoms with Gasteiger partial charge in [0, 0.05) is 36.0 Å². The van der Waals surface area contributed by atoms with Crippen LogP contribution in [0.25, 0.3) is 0 Å². The summed E-state index contributed by atoms with van der Waals surface area (Å²) in [6.45, 7) is 2.12. The summed E-state index contributed by atoms with van der Waals surface area (Å²) in [6.07, 6.45) is 5.35. The Morgan fingerprint density at radius 1 is 1.17 bits per heavy atom. The lowest BCUT2D eigenvalue weighted by molar-refractivity contribution is 0.373.